The normalized spacial score (nSPS) is 23.0. The van der Waals surface area contributed by atoms with Crippen LogP contribution in [0.5, 0.6) is 0 Å². The monoisotopic (exact) mass is 310 g/mol. The maximum Gasteiger partial charge on any atom is 0.410 e. The zero-order valence-corrected chi connectivity index (χ0v) is 13.6. The molecule has 0 aliphatic carbocycles. The zero-order chi connectivity index (χ0) is 15.6. The first-order chi connectivity index (χ1) is 9.76. The number of hydrogen-bond acceptors (Lipinski definition) is 3. The number of hydrogen-bond donors (Lipinski definition) is 1. The van der Waals surface area contributed by atoms with Crippen LogP contribution in [-0.4, -0.2) is 35.7 Å². The Hall–Kier alpha value is -1.26. The highest BCUT2D eigenvalue weighted by Gasteiger charge is 2.32. The number of halogens is 1. The molecule has 1 aliphatic rings. The van der Waals surface area contributed by atoms with Crippen LogP contribution in [0.25, 0.3) is 0 Å². The molecular formula is C16H23ClN2O2. The van der Waals surface area contributed by atoms with Crippen LogP contribution in [0.3, 0.4) is 0 Å². The molecule has 0 bridgehead atoms. The molecule has 1 amide bonds. The van der Waals surface area contributed by atoms with Gasteiger partial charge in [-0.15, -0.1) is 0 Å². The van der Waals surface area contributed by atoms with Gasteiger partial charge in [-0.2, -0.15) is 0 Å². The maximum absolute atomic E-state index is 12.2. The van der Waals surface area contributed by atoms with Gasteiger partial charge in [0, 0.05) is 30.1 Å². The van der Waals surface area contributed by atoms with E-state index in [9.17, 15) is 4.79 Å². The SMILES string of the molecule is CC(C)(C)OC(=O)N1CC[C@@H](N)[C@H](c2cccc(Cl)c2)C1. The van der Waals surface area contributed by atoms with E-state index < -0.39 is 5.60 Å². The average molecular weight is 311 g/mol. The molecule has 2 N–H and O–H groups in total. The molecule has 1 heterocycles. The molecule has 0 radical (unpaired) electrons. The summed E-state index contributed by atoms with van der Waals surface area (Å²) < 4.78 is 5.44. The van der Waals surface area contributed by atoms with Gasteiger partial charge in [-0.25, -0.2) is 4.79 Å². The highest BCUT2D eigenvalue weighted by Crippen LogP contribution is 2.28. The lowest BCUT2D eigenvalue weighted by Gasteiger charge is -2.37. The van der Waals surface area contributed by atoms with Crippen molar-refractivity contribution in [3.63, 3.8) is 0 Å². The van der Waals surface area contributed by atoms with Gasteiger partial charge in [0.15, 0.2) is 0 Å². The highest BCUT2D eigenvalue weighted by molar-refractivity contribution is 6.30. The average Bonchev–Trinajstić information content (AvgIpc) is 2.37. The highest BCUT2D eigenvalue weighted by atomic mass is 35.5. The van der Waals surface area contributed by atoms with Crippen LogP contribution in [0.1, 0.15) is 38.7 Å². The van der Waals surface area contributed by atoms with E-state index in [4.69, 9.17) is 22.1 Å². The van der Waals surface area contributed by atoms with Gasteiger partial charge in [0.1, 0.15) is 5.60 Å². The summed E-state index contributed by atoms with van der Waals surface area (Å²) in [5.41, 5.74) is 6.82. The molecule has 116 valence electrons. The predicted octanol–water partition coefficient (Wildman–Crippen LogP) is 3.39. The van der Waals surface area contributed by atoms with Crippen molar-refractivity contribution < 1.29 is 9.53 Å². The summed E-state index contributed by atoms with van der Waals surface area (Å²) in [6.45, 7) is 6.81. The molecule has 1 aliphatic heterocycles. The molecular weight excluding hydrogens is 288 g/mol. The summed E-state index contributed by atoms with van der Waals surface area (Å²) in [6.07, 6.45) is 0.484. The Kier molecular flexibility index (Phi) is 4.79. The first kappa shape index (κ1) is 16.1. The van der Waals surface area contributed by atoms with Gasteiger partial charge in [-0.1, -0.05) is 23.7 Å². The number of likely N-dealkylation sites (tertiary alicyclic amines) is 1. The van der Waals surface area contributed by atoms with Crippen LogP contribution in [0.15, 0.2) is 24.3 Å². The van der Waals surface area contributed by atoms with E-state index in [-0.39, 0.29) is 18.1 Å². The third-order valence-corrected chi connectivity index (χ3v) is 3.83. The molecule has 0 unspecified atom stereocenters. The molecule has 1 fully saturated rings. The van der Waals surface area contributed by atoms with Crippen molar-refractivity contribution in [2.75, 3.05) is 13.1 Å². The van der Waals surface area contributed by atoms with Crippen LogP contribution >= 0.6 is 11.6 Å². The first-order valence-electron chi connectivity index (χ1n) is 7.25. The van der Waals surface area contributed by atoms with Gasteiger partial charge in [-0.05, 0) is 44.9 Å². The molecule has 1 saturated heterocycles. The second-order valence-corrected chi connectivity index (χ2v) is 6.98. The topological polar surface area (TPSA) is 55.6 Å². The van der Waals surface area contributed by atoms with Crippen LogP contribution < -0.4 is 5.73 Å². The number of carbonyl (C=O) groups excluding carboxylic acids is 1. The molecule has 2 rings (SSSR count). The molecule has 21 heavy (non-hydrogen) atoms. The smallest absolute Gasteiger partial charge is 0.410 e. The predicted molar refractivity (Wildman–Crippen MR) is 84.6 cm³/mol. The fourth-order valence-corrected chi connectivity index (χ4v) is 2.75. The number of amides is 1. The third-order valence-electron chi connectivity index (χ3n) is 3.59. The summed E-state index contributed by atoms with van der Waals surface area (Å²) in [4.78, 5) is 13.9. The minimum absolute atomic E-state index is 0.0298. The van der Waals surface area contributed by atoms with Gasteiger partial charge in [0.2, 0.25) is 0 Å². The second kappa shape index (κ2) is 6.24. The Balaban J connectivity index is 2.11. The number of carbonyl (C=O) groups is 1. The molecule has 0 saturated carbocycles. The van der Waals surface area contributed by atoms with Gasteiger partial charge in [0.05, 0.1) is 0 Å². The Morgan fingerprint density at radius 1 is 1.43 bits per heavy atom. The third kappa shape index (κ3) is 4.35. The molecule has 0 aromatic heterocycles. The summed E-state index contributed by atoms with van der Waals surface area (Å²) in [6, 6.07) is 7.71. The summed E-state index contributed by atoms with van der Waals surface area (Å²) >= 11 is 6.05. The first-order valence-corrected chi connectivity index (χ1v) is 7.63. The maximum atomic E-state index is 12.2. The van der Waals surface area contributed by atoms with E-state index >= 15 is 0 Å². The molecule has 0 spiro atoms. The van der Waals surface area contributed by atoms with E-state index in [1.165, 1.54) is 0 Å². The fourth-order valence-electron chi connectivity index (χ4n) is 2.55. The number of rotatable bonds is 1. The van der Waals surface area contributed by atoms with Crippen LogP contribution in [0, 0.1) is 0 Å². The van der Waals surface area contributed by atoms with Crippen molar-refractivity contribution >= 4 is 17.7 Å². The van der Waals surface area contributed by atoms with Gasteiger partial charge in [0.25, 0.3) is 0 Å². The lowest BCUT2D eigenvalue weighted by molar-refractivity contribution is 0.0186. The van der Waals surface area contributed by atoms with Crippen LogP contribution in [0.4, 0.5) is 4.79 Å². The van der Waals surface area contributed by atoms with Gasteiger partial charge in [-0.3, -0.25) is 0 Å². The van der Waals surface area contributed by atoms with Gasteiger partial charge >= 0.3 is 6.09 Å². The van der Waals surface area contributed by atoms with E-state index in [2.05, 4.69) is 0 Å². The zero-order valence-electron chi connectivity index (χ0n) is 12.8. The number of nitrogens with zero attached hydrogens (tertiary/aromatic N) is 1. The molecule has 1 aromatic carbocycles. The fraction of sp³-hybridized carbons (Fsp3) is 0.562. The van der Waals surface area contributed by atoms with E-state index in [0.29, 0.717) is 18.1 Å². The standard InChI is InChI=1S/C16H23ClN2O2/c1-16(2,3)21-15(20)19-8-7-14(18)13(10-19)11-5-4-6-12(17)9-11/h4-6,9,13-14H,7-8,10,18H2,1-3H3/t13-,14+/m0/s1. The van der Waals surface area contributed by atoms with E-state index in [1.54, 1.807) is 4.90 Å². The Morgan fingerprint density at radius 2 is 2.14 bits per heavy atom. The molecule has 4 nitrogen and oxygen atoms in total. The molecule has 2 atom stereocenters. The lowest BCUT2D eigenvalue weighted by atomic mass is 9.87. The van der Waals surface area contributed by atoms with Crippen molar-refractivity contribution in [1.29, 1.82) is 0 Å². The Labute approximate surface area is 131 Å². The van der Waals surface area contributed by atoms with Crippen molar-refractivity contribution in [2.45, 2.75) is 44.8 Å². The summed E-state index contributed by atoms with van der Waals surface area (Å²) in [5, 5.41) is 0.689. The number of ether oxygens (including phenoxy) is 1. The largest absolute Gasteiger partial charge is 0.444 e. The van der Waals surface area contributed by atoms with E-state index in [0.717, 1.165) is 12.0 Å². The molecule has 5 heteroatoms. The minimum Gasteiger partial charge on any atom is -0.444 e. The number of benzene rings is 1. The van der Waals surface area contributed by atoms with Crippen molar-refractivity contribution in [1.82, 2.24) is 4.90 Å². The number of piperidine rings is 1. The van der Waals surface area contributed by atoms with Gasteiger partial charge < -0.3 is 15.4 Å². The van der Waals surface area contributed by atoms with Crippen molar-refractivity contribution in [3.05, 3.63) is 34.9 Å². The van der Waals surface area contributed by atoms with Crippen molar-refractivity contribution in [2.24, 2.45) is 5.73 Å². The number of nitrogens with two attached hydrogens (primary N) is 1. The Bertz CT molecular complexity index is 513. The Morgan fingerprint density at radius 3 is 2.76 bits per heavy atom. The van der Waals surface area contributed by atoms with Crippen LogP contribution in [0.2, 0.25) is 5.02 Å². The second-order valence-electron chi connectivity index (χ2n) is 6.54. The minimum atomic E-state index is -0.484. The molecule has 1 aromatic rings. The summed E-state index contributed by atoms with van der Waals surface area (Å²) in [5.74, 6) is 0.0879. The van der Waals surface area contributed by atoms with Crippen molar-refractivity contribution in [3.8, 4) is 0 Å². The quantitative estimate of drug-likeness (QED) is 0.865. The lowest BCUT2D eigenvalue weighted by Crippen LogP contribution is -2.49. The summed E-state index contributed by atoms with van der Waals surface area (Å²) in [7, 11) is 0. The van der Waals surface area contributed by atoms with Crippen LogP contribution in [-0.2, 0) is 4.74 Å². The van der Waals surface area contributed by atoms with E-state index in [1.807, 2.05) is 45.0 Å².